The van der Waals surface area contributed by atoms with Crippen molar-refractivity contribution < 1.29 is 23.8 Å². The first kappa shape index (κ1) is 17.0. The zero-order chi connectivity index (χ0) is 15.2. The fourth-order valence-corrected chi connectivity index (χ4v) is 1.65. The fourth-order valence-electron chi connectivity index (χ4n) is 1.65. The van der Waals surface area contributed by atoms with E-state index in [2.05, 4.69) is 6.92 Å². The summed E-state index contributed by atoms with van der Waals surface area (Å²) in [5, 5.41) is 0. The summed E-state index contributed by atoms with van der Waals surface area (Å²) in [6.07, 6.45) is 1.74. The fraction of sp³-hybridized carbons (Fsp3) is 0.867. The third-order valence-electron chi connectivity index (χ3n) is 4.08. The van der Waals surface area contributed by atoms with E-state index in [0.717, 1.165) is 6.42 Å². The second kappa shape index (κ2) is 7.07. The van der Waals surface area contributed by atoms with Gasteiger partial charge in [-0.3, -0.25) is 9.59 Å². The molecule has 0 aliphatic carbocycles. The molecule has 0 N–H and O–H groups in total. The minimum absolute atomic E-state index is 0.00343. The van der Waals surface area contributed by atoms with Crippen molar-refractivity contribution in [3.05, 3.63) is 0 Å². The predicted molar refractivity (Wildman–Crippen MR) is 74.2 cm³/mol. The van der Waals surface area contributed by atoms with Crippen LogP contribution in [0, 0.1) is 10.8 Å². The van der Waals surface area contributed by atoms with Crippen LogP contribution in [-0.2, 0) is 23.8 Å². The van der Waals surface area contributed by atoms with E-state index in [4.69, 9.17) is 14.2 Å². The van der Waals surface area contributed by atoms with Crippen molar-refractivity contribution in [3.8, 4) is 0 Å². The number of carbonyl (C=O) groups is 2. The van der Waals surface area contributed by atoms with E-state index in [-0.39, 0.29) is 30.4 Å². The van der Waals surface area contributed by atoms with Gasteiger partial charge in [-0.05, 0) is 26.7 Å². The van der Waals surface area contributed by atoms with Gasteiger partial charge in [0, 0.05) is 0 Å². The van der Waals surface area contributed by atoms with Gasteiger partial charge in [0.15, 0.2) is 0 Å². The zero-order valence-electron chi connectivity index (χ0n) is 13.0. The Hall–Kier alpha value is -1.10. The summed E-state index contributed by atoms with van der Waals surface area (Å²) in [6.45, 7) is 9.41. The van der Waals surface area contributed by atoms with Crippen LogP contribution in [0.3, 0.4) is 0 Å². The molecule has 0 bridgehead atoms. The Morgan fingerprint density at radius 2 is 1.85 bits per heavy atom. The number of hydrogen-bond acceptors (Lipinski definition) is 5. The summed E-state index contributed by atoms with van der Waals surface area (Å²) in [6, 6.07) is 0. The van der Waals surface area contributed by atoms with E-state index < -0.39 is 5.41 Å². The zero-order valence-corrected chi connectivity index (χ0v) is 13.0. The Balaban J connectivity index is 2.19. The van der Waals surface area contributed by atoms with Gasteiger partial charge in [0.25, 0.3) is 0 Å². The molecule has 0 unspecified atom stereocenters. The van der Waals surface area contributed by atoms with Gasteiger partial charge in [0.05, 0.1) is 30.5 Å². The number of esters is 2. The maximum Gasteiger partial charge on any atom is 0.311 e. The maximum atomic E-state index is 11.7. The van der Waals surface area contributed by atoms with E-state index in [0.29, 0.717) is 26.2 Å². The minimum atomic E-state index is -0.501. The van der Waals surface area contributed by atoms with E-state index in [1.54, 1.807) is 0 Å². The summed E-state index contributed by atoms with van der Waals surface area (Å²) in [4.78, 5) is 23.3. The van der Waals surface area contributed by atoms with Crippen LogP contribution in [0.1, 0.15) is 47.0 Å². The molecule has 0 amide bonds. The lowest BCUT2D eigenvalue weighted by Crippen LogP contribution is -2.46. The highest BCUT2D eigenvalue weighted by atomic mass is 16.6. The molecule has 116 valence electrons. The molecule has 1 fully saturated rings. The Morgan fingerprint density at radius 3 is 2.30 bits per heavy atom. The van der Waals surface area contributed by atoms with E-state index in [1.165, 1.54) is 0 Å². The highest BCUT2D eigenvalue weighted by Gasteiger charge is 2.38. The largest absolute Gasteiger partial charge is 0.465 e. The molecule has 20 heavy (non-hydrogen) atoms. The summed E-state index contributed by atoms with van der Waals surface area (Å²) >= 11 is 0. The molecule has 5 nitrogen and oxygen atoms in total. The molecule has 1 aliphatic rings. The van der Waals surface area contributed by atoms with Gasteiger partial charge in [0.2, 0.25) is 0 Å². The second-order valence-corrected chi connectivity index (χ2v) is 6.13. The molecule has 1 rings (SSSR count). The average molecular weight is 286 g/mol. The maximum absolute atomic E-state index is 11.7. The summed E-state index contributed by atoms with van der Waals surface area (Å²) in [7, 11) is 0. The summed E-state index contributed by atoms with van der Waals surface area (Å²) in [5.74, 6) is -0.600. The molecular formula is C15H26O5. The van der Waals surface area contributed by atoms with Crippen LogP contribution < -0.4 is 0 Å². The number of hydrogen-bond donors (Lipinski definition) is 0. The third kappa shape index (κ3) is 4.47. The van der Waals surface area contributed by atoms with Crippen LogP contribution in [0.5, 0.6) is 0 Å². The Labute approximate surface area is 121 Å². The molecular weight excluding hydrogens is 260 g/mol. The van der Waals surface area contributed by atoms with Crippen molar-refractivity contribution in [1.29, 1.82) is 0 Å². The molecule has 0 spiro atoms. The normalized spacial score (nSPS) is 17.2. The van der Waals surface area contributed by atoms with Gasteiger partial charge < -0.3 is 14.2 Å². The Morgan fingerprint density at radius 1 is 1.20 bits per heavy atom. The summed E-state index contributed by atoms with van der Waals surface area (Å²) in [5.41, 5.74) is -0.504. The van der Waals surface area contributed by atoms with Crippen molar-refractivity contribution in [2.24, 2.45) is 10.8 Å². The topological polar surface area (TPSA) is 61.8 Å². The molecule has 1 aliphatic heterocycles. The molecule has 0 aromatic carbocycles. The van der Waals surface area contributed by atoms with Crippen molar-refractivity contribution >= 4 is 11.9 Å². The molecule has 0 radical (unpaired) electrons. The average Bonchev–Trinajstić information content (AvgIpc) is 2.37. The van der Waals surface area contributed by atoms with Crippen molar-refractivity contribution in [3.63, 3.8) is 0 Å². The molecule has 1 saturated heterocycles. The number of ether oxygens (including phenoxy) is 3. The van der Waals surface area contributed by atoms with Crippen molar-refractivity contribution in [2.45, 2.75) is 47.0 Å². The van der Waals surface area contributed by atoms with Crippen LogP contribution in [0.25, 0.3) is 0 Å². The lowest BCUT2D eigenvalue weighted by atomic mass is 9.84. The van der Waals surface area contributed by atoms with Crippen LogP contribution in [0.2, 0.25) is 0 Å². The van der Waals surface area contributed by atoms with Crippen LogP contribution in [0.4, 0.5) is 0 Å². The monoisotopic (exact) mass is 286 g/mol. The lowest BCUT2D eigenvalue weighted by molar-refractivity contribution is -0.172. The number of carbonyl (C=O) groups excluding carboxylic acids is 2. The van der Waals surface area contributed by atoms with E-state index >= 15 is 0 Å². The second-order valence-electron chi connectivity index (χ2n) is 6.13. The Kier molecular flexibility index (Phi) is 5.99. The minimum Gasteiger partial charge on any atom is -0.465 e. The first-order valence-electron chi connectivity index (χ1n) is 7.26. The van der Waals surface area contributed by atoms with Crippen LogP contribution in [-0.4, -0.2) is 38.4 Å². The van der Waals surface area contributed by atoms with Gasteiger partial charge in [-0.2, -0.15) is 0 Å². The van der Waals surface area contributed by atoms with Gasteiger partial charge in [-0.15, -0.1) is 0 Å². The van der Waals surface area contributed by atoms with E-state index in [1.807, 2.05) is 20.8 Å². The lowest BCUT2D eigenvalue weighted by Gasteiger charge is -2.39. The van der Waals surface area contributed by atoms with Gasteiger partial charge >= 0.3 is 11.9 Å². The quantitative estimate of drug-likeness (QED) is 0.641. The first-order valence-corrected chi connectivity index (χ1v) is 7.26. The SMILES string of the molecule is CCC1(COC(=O)CCOC(=O)C(C)(C)CC)COC1. The van der Waals surface area contributed by atoms with Crippen LogP contribution >= 0.6 is 0 Å². The summed E-state index contributed by atoms with van der Waals surface area (Å²) < 4.78 is 15.5. The standard InChI is InChI=1S/C15H26O5/c1-5-14(3,4)13(17)19-8-7-12(16)20-11-15(6-2)9-18-10-15/h5-11H2,1-4H3. The first-order chi connectivity index (χ1) is 9.35. The molecule has 0 aromatic rings. The molecule has 0 aromatic heterocycles. The molecule has 1 heterocycles. The smallest absolute Gasteiger partial charge is 0.311 e. The Bertz CT molecular complexity index is 339. The third-order valence-corrected chi connectivity index (χ3v) is 4.08. The highest BCUT2D eigenvalue weighted by Crippen LogP contribution is 2.31. The van der Waals surface area contributed by atoms with Gasteiger partial charge in [-0.1, -0.05) is 13.8 Å². The van der Waals surface area contributed by atoms with Crippen molar-refractivity contribution in [2.75, 3.05) is 26.4 Å². The molecule has 0 atom stereocenters. The molecule has 0 saturated carbocycles. The number of rotatable bonds is 8. The van der Waals surface area contributed by atoms with E-state index in [9.17, 15) is 9.59 Å². The van der Waals surface area contributed by atoms with Crippen molar-refractivity contribution in [1.82, 2.24) is 0 Å². The predicted octanol–water partition coefficient (Wildman–Crippen LogP) is 2.33. The van der Waals surface area contributed by atoms with Gasteiger partial charge in [-0.25, -0.2) is 0 Å². The van der Waals surface area contributed by atoms with Gasteiger partial charge in [0.1, 0.15) is 13.2 Å². The van der Waals surface area contributed by atoms with Crippen LogP contribution in [0.15, 0.2) is 0 Å². The molecule has 5 heteroatoms. The highest BCUT2D eigenvalue weighted by molar-refractivity contribution is 5.76.